The van der Waals surface area contributed by atoms with E-state index in [2.05, 4.69) is 13.8 Å². The maximum atomic E-state index is 12.3. The van der Waals surface area contributed by atoms with Gasteiger partial charge in [0.05, 0.1) is 0 Å². The fourth-order valence-electron chi connectivity index (χ4n) is 3.08. The molecule has 2 rings (SSSR count). The number of aryl methyl sites for hydroxylation is 1. The molecule has 1 atom stereocenters. The van der Waals surface area contributed by atoms with Crippen LogP contribution in [0.3, 0.4) is 0 Å². The molecule has 0 fully saturated rings. The van der Waals surface area contributed by atoms with Crippen LogP contribution >= 0.6 is 0 Å². The Morgan fingerprint density at radius 1 is 0.852 bits per heavy atom. The SMILES string of the molecule is CCCCCc1ccc(OC(=O)OC(CCCCC)c2ccccc2)cc1. The van der Waals surface area contributed by atoms with Crippen LogP contribution in [0.1, 0.15) is 76.0 Å². The van der Waals surface area contributed by atoms with Crippen LogP contribution in [0.25, 0.3) is 0 Å². The van der Waals surface area contributed by atoms with E-state index in [1.807, 2.05) is 54.6 Å². The molecular formula is C24H32O3. The Labute approximate surface area is 163 Å². The molecule has 0 aliphatic carbocycles. The number of ether oxygens (including phenoxy) is 2. The highest BCUT2D eigenvalue weighted by molar-refractivity contribution is 5.64. The van der Waals surface area contributed by atoms with Crippen molar-refractivity contribution in [2.24, 2.45) is 0 Å². The number of hydrogen-bond acceptors (Lipinski definition) is 3. The van der Waals surface area contributed by atoms with E-state index in [0.717, 1.165) is 37.7 Å². The molecule has 146 valence electrons. The maximum Gasteiger partial charge on any atom is 0.514 e. The smallest absolute Gasteiger partial charge is 0.426 e. The van der Waals surface area contributed by atoms with Crippen molar-refractivity contribution in [1.29, 1.82) is 0 Å². The van der Waals surface area contributed by atoms with Gasteiger partial charge >= 0.3 is 6.16 Å². The minimum atomic E-state index is -0.640. The lowest BCUT2D eigenvalue weighted by Gasteiger charge is -2.18. The molecule has 0 bridgehead atoms. The van der Waals surface area contributed by atoms with Crippen molar-refractivity contribution in [3.8, 4) is 5.75 Å². The molecule has 0 aliphatic rings. The first-order valence-corrected chi connectivity index (χ1v) is 10.2. The summed E-state index contributed by atoms with van der Waals surface area (Å²) in [7, 11) is 0. The zero-order valence-corrected chi connectivity index (χ0v) is 16.7. The summed E-state index contributed by atoms with van der Waals surface area (Å²) in [5.74, 6) is 0.527. The van der Waals surface area contributed by atoms with Crippen LogP contribution in [0.5, 0.6) is 5.75 Å². The Bertz CT molecular complexity index is 649. The number of benzene rings is 2. The molecule has 0 saturated carbocycles. The summed E-state index contributed by atoms with van der Waals surface area (Å²) in [6.07, 6.45) is 7.90. The van der Waals surface area contributed by atoms with E-state index in [0.29, 0.717) is 5.75 Å². The van der Waals surface area contributed by atoms with E-state index >= 15 is 0 Å². The number of carbonyl (C=O) groups is 1. The van der Waals surface area contributed by atoms with Crippen molar-refractivity contribution in [2.75, 3.05) is 0 Å². The molecule has 0 aromatic heterocycles. The number of hydrogen-bond donors (Lipinski definition) is 0. The summed E-state index contributed by atoms with van der Waals surface area (Å²) >= 11 is 0. The zero-order chi connectivity index (χ0) is 19.3. The molecule has 0 radical (unpaired) electrons. The molecule has 3 nitrogen and oxygen atoms in total. The van der Waals surface area contributed by atoms with Gasteiger partial charge in [-0.15, -0.1) is 0 Å². The van der Waals surface area contributed by atoms with E-state index in [4.69, 9.17) is 9.47 Å². The molecule has 0 spiro atoms. The Morgan fingerprint density at radius 2 is 1.52 bits per heavy atom. The molecule has 0 aliphatic heterocycles. The van der Waals surface area contributed by atoms with E-state index in [1.54, 1.807) is 0 Å². The second-order valence-electron chi connectivity index (χ2n) is 6.97. The molecule has 0 heterocycles. The van der Waals surface area contributed by atoms with E-state index in [1.165, 1.54) is 24.8 Å². The number of carbonyl (C=O) groups excluding carboxylic acids is 1. The van der Waals surface area contributed by atoms with Gasteiger partial charge in [0.15, 0.2) is 0 Å². The van der Waals surface area contributed by atoms with Crippen LogP contribution in [0.15, 0.2) is 54.6 Å². The molecule has 0 amide bonds. The third-order valence-electron chi connectivity index (χ3n) is 4.67. The summed E-state index contributed by atoms with van der Waals surface area (Å²) in [6.45, 7) is 4.37. The van der Waals surface area contributed by atoms with E-state index in [-0.39, 0.29) is 6.10 Å². The van der Waals surface area contributed by atoms with Gasteiger partial charge < -0.3 is 9.47 Å². The fourth-order valence-corrected chi connectivity index (χ4v) is 3.08. The summed E-state index contributed by atoms with van der Waals surface area (Å²) < 4.78 is 11.0. The first kappa shape index (κ1) is 21.0. The topological polar surface area (TPSA) is 35.5 Å². The van der Waals surface area contributed by atoms with Gasteiger partial charge in [-0.3, -0.25) is 0 Å². The minimum absolute atomic E-state index is 0.265. The fraction of sp³-hybridized carbons (Fsp3) is 0.458. The Kier molecular flexibility index (Phi) is 9.47. The van der Waals surface area contributed by atoms with Crippen molar-refractivity contribution in [1.82, 2.24) is 0 Å². The summed E-state index contributed by atoms with van der Waals surface area (Å²) in [4.78, 5) is 12.3. The van der Waals surface area contributed by atoms with Crippen LogP contribution in [0.4, 0.5) is 4.79 Å². The lowest BCUT2D eigenvalue weighted by molar-refractivity contribution is 0.0528. The summed E-state index contributed by atoms with van der Waals surface area (Å²) in [5.41, 5.74) is 2.28. The second kappa shape index (κ2) is 12.2. The number of unbranched alkanes of at least 4 members (excludes halogenated alkanes) is 4. The molecule has 3 heteroatoms. The average Bonchev–Trinajstić information content (AvgIpc) is 2.69. The molecule has 27 heavy (non-hydrogen) atoms. The van der Waals surface area contributed by atoms with E-state index < -0.39 is 6.16 Å². The molecule has 2 aromatic rings. The minimum Gasteiger partial charge on any atom is -0.426 e. The highest BCUT2D eigenvalue weighted by atomic mass is 16.7. The predicted molar refractivity (Wildman–Crippen MR) is 110 cm³/mol. The Morgan fingerprint density at radius 3 is 2.19 bits per heavy atom. The van der Waals surface area contributed by atoms with Gasteiger partial charge in [0.2, 0.25) is 0 Å². The van der Waals surface area contributed by atoms with Gasteiger partial charge in [-0.2, -0.15) is 0 Å². The van der Waals surface area contributed by atoms with Gasteiger partial charge in [-0.1, -0.05) is 82.0 Å². The number of rotatable bonds is 11. The van der Waals surface area contributed by atoms with Crippen molar-refractivity contribution in [3.05, 3.63) is 65.7 Å². The monoisotopic (exact) mass is 368 g/mol. The molecule has 0 saturated heterocycles. The molecule has 0 N–H and O–H groups in total. The van der Waals surface area contributed by atoms with E-state index in [9.17, 15) is 4.79 Å². The van der Waals surface area contributed by atoms with Gasteiger partial charge in [0.1, 0.15) is 11.9 Å². The van der Waals surface area contributed by atoms with Gasteiger partial charge in [-0.05, 0) is 48.9 Å². The Balaban J connectivity index is 1.90. The van der Waals surface area contributed by atoms with Gasteiger partial charge in [-0.25, -0.2) is 4.79 Å². The third-order valence-corrected chi connectivity index (χ3v) is 4.67. The predicted octanol–water partition coefficient (Wildman–Crippen LogP) is 7.26. The molecule has 2 aromatic carbocycles. The van der Waals surface area contributed by atoms with Gasteiger partial charge in [0.25, 0.3) is 0 Å². The lowest BCUT2D eigenvalue weighted by Crippen LogP contribution is -2.15. The average molecular weight is 369 g/mol. The van der Waals surface area contributed by atoms with Crippen LogP contribution in [0, 0.1) is 0 Å². The largest absolute Gasteiger partial charge is 0.514 e. The Hall–Kier alpha value is -2.29. The van der Waals surface area contributed by atoms with Crippen LogP contribution in [0.2, 0.25) is 0 Å². The van der Waals surface area contributed by atoms with Crippen molar-refractivity contribution in [2.45, 2.75) is 71.3 Å². The second-order valence-corrected chi connectivity index (χ2v) is 6.97. The summed E-state index contributed by atoms with van der Waals surface area (Å²) in [6, 6.07) is 17.6. The normalized spacial score (nSPS) is 11.8. The van der Waals surface area contributed by atoms with Crippen LogP contribution in [-0.2, 0) is 11.2 Å². The van der Waals surface area contributed by atoms with Crippen molar-refractivity contribution < 1.29 is 14.3 Å². The van der Waals surface area contributed by atoms with Crippen molar-refractivity contribution in [3.63, 3.8) is 0 Å². The third kappa shape index (κ3) is 7.86. The lowest BCUT2D eigenvalue weighted by atomic mass is 10.0. The van der Waals surface area contributed by atoms with Crippen molar-refractivity contribution >= 4 is 6.16 Å². The highest BCUT2D eigenvalue weighted by Gasteiger charge is 2.18. The molecule has 1 unspecified atom stereocenters. The highest BCUT2D eigenvalue weighted by Crippen LogP contribution is 2.25. The molecular weight excluding hydrogens is 336 g/mol. The van der Waals surface area contributed by atoms with Crippen LogP contribution in [-0.4, -0.2) is 6.16 Å². The maximum absolute atomic E-state index is 12.3. The van der Waals surface area contributed by atoms with Gasteiger partial charge in [0, 0.05) is 0 Å². The first-order chi connectivity index (χ1) is 13.2. The zero-order valence-electron chi connectivity index (χ0n) is 16.7. The standard InChI is InChI=1S/C24H32O3/c1-3-5-8-12-20-16-18-22(19-17-20)26-24(25)27-23(15-9-6-4-2)21-13-10-7-11-14-21/h7,10-11,13-14,16-19,23H,3-6,8-9,12,15H2,1-2H3. The first-order valence-electron chi connectivity index (χ1n) is 10.2. The van der Waals surface area contributed by atoms with Crippen LogP contribution < -0.4 is 4.74 Å². The summed E-state index contributed by atoms with van der Waals surface area (Å²) in [5, 5.41) is 0. The quantitative estimate of drug-likeness (QED) is 0.238.